The zero-order chi connectivity index (χ0) is 16.8. The maximum absolute atomic E-state index is 5.70. The summed E-state index contributed by atoms with van der Waals surface area (Å²) in [6.07, 6.45) is 0. The summed E-state index contributed by atoms with van der Waals surface area (Å²) in [4.78, 5) is 2.78. The monoisotopic (exact) mass is 327 g/mol. The number of para-hydroxylation sites is 1. The number of benzene rings is 3. The molecule has 0 spiro atoms. The van der Waals surface area contributed by atoms with Gasteiger partial charge in [0.25, 0.3) is 0 Å². The van der Waals surface area contributed by atoms with Crippen molar-refractivity contribution < 1.29 is 0 Å². The predicted molar refractivity (Wildman–Crippen MR) is 105 cm³/mol. The van der Waals surface area contributed by atoms with Gasteiger partial charge in [-0.25, -0.2) is 0 Å². The highest BCUT2D eigenvalue weighted by atomic mass is 32.1. The predicted octanol–water partition coefficient (Wildman–Crippen LogP) is 4.90. The van der Waals surface area contributed by atoms with E-state index in [0.29, 0.717) is 0 Å². The smallest absolute Gasteiger partial charge is 0.114 e. The maximum Gasteiger partial charge on any atom is 0.114 e. The molecule has 0 atom stereocenters. The molecule has 0 saturated carbocycles. The average Bonchev–Trinajstić information content (AvgIpc) is 2.67. The number of hydrogen-bond acceptors (Lipinski definition) is 1. The van der Waals surface area contributed by atoms with Gasteiger partial charge in [-0.15, -0.1) is 0 Å². The molecule has 3 rings (SSSR count). The zero-order valence-corrected chi connectivity index (χ0v) is 14.3. The number of thiocarbonyl (C=S) groups is 1. The first-order valence-electron chi connectivity index (χ1n) is 7.75. The Kier molecular flexibility index (Phi) is 5.05. The van der Waals surface area contributed by atoms with E-state index < -0.39 is 0 Å². The summed E-state index contributed by atoms with van der Waals surface area (Å²) in [5.41, 5.74) is 3.97. The first kappa shape index (κ1) is 16.0. The second kappa shape index (κ2) is 7.59. The van der Waals surface area contributed by atoms with Crippen LogP contribution in [0, 0.1) is 11.8 Å². The highest BCUT2D eigenvalue weighted by molar-refractivity contribution is 7.81. The summed E-state index contributed by atoms with van der Waals surface area (Å²) in [5, 5.41) is 0. The lowest BCUT2D eigenvalue weighted by atomic mass is 10.1. The highest BCUT2D eigenvalue weighted by Gasteiger charge is 2.11. The van der Waals surface area contributed by atoms with Gasteiger partial charge in [0.05, 0.1) is 0 Å². The third kappa shape index (κ3) is 3.71. The largest absolute Gasteiger partial charge is 0.335 e. The van der Waals surface area contributed by atoms with Crippen molar-refractivity contribution in [1.82, 2.24) is 0 Å². The Labute approximate surface area is 148 Å². The second-order valence-electron chi connectivity index (χ2n) is 5.36. The van der Waals surface area contributed by atoms with Gasteiger partial charge >= 0.3 is 0 Å². The van der Waals surface area contributed by atoms with Crippen LogP contribution in [0.15, 0.2) is 84.9 Å². The van der Waals surface area contributed by atoms with E-state index in [0.717, 1.165) is 27.4 Å². The molecular formula is C22H17NS. The van der Waals surface area contributed by atoms with Crippen molar-refractivity contribution in [2.24, 2.45) is 0 Å². The minimum absolute atomic E-state index is 0.763. The number of hydrogen-bond donors (Lipinski definition) is 0. The SMILES string of the molecule is CN(C(=S)c1ccccc1C#Cc1ccccc1)c1ccccc1. The molecule has 0 radical (unpaired) electrons. The van der Waals surface area contributed by atoms with Gasteiger partial charge in [0.15, 0.2) is 0 Å². The van der Waals surface area contributed by atoms with Crippen molar-refractivity contribution in [1.29, 1.82) is 0 Å². The summed E-state index contributed by atoms with van der Waals surface area (Å²) in [5.74, 6) is 6.46. The highest BCUT2D eigenvalue weighted by Crippen LogP contribution is 2.18. The second-order valence-corrected chi connectivity index (χ2v) is 5.75. The number of nitrogens with zero attached hydrogens (tertiary/aromatic N) is 1. The summed E-state index contributed by atoms with van der Waals surface area (Å²) < 4.78 is 0. The van der Waals surface area contributed by atoms with Gasteiger partial charge in [0.2, 0.25) is 0 Å². The molecule has 0 N–H and O–H groups in total. The molecule has 0 amide bonds. The van der Waals surface area contributed by atoms with Crippen molar-refractivity contribution in [3.8, 4) is 11.8 Å². The molecule has 3 aromatic rings. The van der Waals surface area contributed by atoms with Crippen molar-refractivity contribution in [2.75, 3.05) is 11.9 Å². The van der Waals surface area contributed by atoms with Gasteiger partial charge in [0, 0.05) is 29.4 Å². The normalized spacial score (nSPS) is 9.71. The molecule has 0 fully saturated rings. The molecule has 24 heavy (non-hydrogen) atoms. The molecule has 0 saturated heterocycles. The fraction of sp³-hybridized carbons (Fsp3) is 0.0455. The standard InChI is InChI=1S/C22H17NS/c1-23(20-13-6-3-7-14-20)22(24)21-15-9-8-12-19(21)17-16-18-10-4-2-5-11-18/h2-15H,1H3. The third-order valence-electron chi connectivity index (χ3n) is 3.72. The van der Waals surface area contributed by atoms with Crippen molar-refractivity contribution in [3.63, 3.8) is 0 Å². The minimum atomic E-state index is 0.763. The van der Waals surface area contributed by atoms with Gasteiger partial charge in [0.1, 0.15) is 4.99 Å². The Morgan fingerprint density at radius 1 is 0.750 bits per heavy atom. The molecule has 3 aromatic carbocycles. The molecule has 0 heterocycles. The molecule has 116 valence electrons. The average molecular weight is 327 g/mol. The summed E-state index contributed by atoms with van der Waals surface area (Å²) in [6.45, 7) is 0. The molecule has 0 bridgehead atoms. The van der Waals surface area contributed by atoms with Crippen LogP contribution in [0.2, 0.25) is 0 Å². The van der Waals surface area contributed by atoms with E-state index in [2.05, 4.69) is 11.8 Å². The molecule has 2 heteroatoms. The summed E-state index contributed by atoms with van der Waals surface area (Å²) in [6, 6.07) is 28.1. The summed E-state index contributed by atoms with van der Waals surface area (Å²) >= 11 is 5.70. The molecular weight excluding hydrogens is 310 g/mol. The first-order valence-corrected chi connectivity index (χ1v) is 8.16. The van der Waals surface area contributed by atoms with Gasteiger partial charge in [-0.3, -0.25) is 0 Å². The van der Waals surface area contributed by atoms with Crippen LogP contribution in [0.25, 0.3) is 0 Å². The Bertz CT molecular complexity index is 889. The van der Waals surface area contributed by atoms with Crippen LogP contribution in [0.5, 0.6) is 0 Å². The molecule has 0 unspecified atom stereocenters. The van der Waals surface area contributed by atoms with Crippen LogP contribution in [0.3, 0.4) is 0 Å². The van der Waals surface area contributed by atoms with Crippen molar-refractivity contribution in [2.45, 2.75) is 0 Å². The van der Waals surface area contributed by atoms with Crippen LogP contribution in [0.4, 0.5) is 5.69 Å². The Balaban J connectivity index is 1.92. The Morgan fingerprint density at radius 2 is 1.33 bits per heavy atom. The number of rotatable bonds is 2. The van der Waals surface area contributed by atoms with Crippen LogP contribution < -0.4 is 4.90 Å². The van der Waals surface area contributed by atoms with Crippen LogP contribution in [-0.4, -0.2) is 12.0 Å². The van der Waals surface area contributed by atoms with Crippen LogP contribution in [-0.2, 0) is 0 Å². The molecule has 1 nitrogen and oxygen atoms in total. The lowest BCUT2D eigenvalue weighted by molar-refractivity contribution is 1.28. The third-order valence-corrected chi connectivity index (χ3v) is 4.21. The van der Waals surface area contributed by atoms with Gasteiger partial charge < -0.3 is 4.90 Å². The minimum Gasteiger partial charge on any atom is -0.335 e. The van der Waals surface area contributed by atoms with E-state index in [4.69, 9.17) is 12.2 Å². The van der Waals surface area contributed by atoms with Gasteiger partial charge in [-0.2, -0.15) is 0 Å². The van der Waals surface area contributed by atoms with E-state index in [-0.39, 0.29) is 0 Å². The molecule has 0 aliphatic carbocycles. The van der Waals surface area contributed by atoms with Crippen molar-refractivity contribution in [3.05, 3.63) is 102 Å². The molecule has 0 aliphatic rings. The van der Waals surface area contributed by atoms with E-state index in [1.165, 1.54) is 0 Å². The van der Waals surface area contributed by atoms with Gasteiger partial charge in [-0.1, -0.05) is 78.7 Å². The van der Waals surface area contributed by atoms with E-state index in [9.17, 15) is 0 Å². The lowest BCUT2D eigenvalue weighted by Crippen LogP contribution is -2.25. The summed E-state index contributed by atoms with van der Waals surface area (Å²) in [7, 11) is 1.99. The fourth-order valence-corrected chi connectivity index (χ4v) is 2.67. The Hall–Kier alpha value is -2.89. The topological polar surface area (TPSA) is 3.24 Å². The zero-order valence-electron chi connectivity index (χ0n) is 13.4. The van der Waals surface area contributed by atoms with Crippen LogP contribution in [0.1, 0.15) is 16.7 Å². The maximum atomic E-state index is 5.70. The lowest BCUT2D eigenvalue weighted by Gasteiger charge is -2.21. The van der Waals surface area contributed by atoms with Crippen LogP contribution >= 0.6 is 12.2 Å². The fourth-order valence-electron chi connectivity index (χ4n) is 2.39. The molecule has 0 aliphatic heterocycles. The van der Waals surface area contributed by atoms with Crippen molar-refractivity contribution >= 4 is 22.9 Å². The Morgan fingerprint density at radius 3 is 2.04 bits per heavy atom. The number of anilines is 1. The van der Waals surface area contributed by atoms with E-state index in [1.54, 1.807) is 0 Å². The van der Waals surface area contributed by atoms with E-state index in [1.807, 2.05) is 96.9 Å². The van der Waals surface area contributed by atoms with Gasteiger partial charge in [-0.05, 0) is 30.3 Å². The quantitative estimate of drug-likeness (QED) is 0.486. The first-order chi connectivity index (χ1) is 11.8. The van der Waals surface area contributed by atoms with E-state index >= 15 is 0 Å². The molecule has 0 aromatic heterocycles.